The van der Waals surface area contributed by atoms with E-state index in [2.05, 4.69) is 6.92 Å². The summed E-state index contributed by atoms with van der Waals surface area (Å²) >= 11 is 0. The maximum Gasteiger partial charge on any atom is 0.314 e. The minimum atomic E-state index is -0.906. The molecular formula is C13H24O3. The number of aliphatic hydroxyl groups is 1. The van der Waals surface area contributed by atoms with Crippen LogP contribution >= 0.6 is 0 Å². The Morgan fingerprint density at radius 3 is 2.69 bits per heavy atom. The molecule has 3 heteroatoms. The van der Waals surface area contributed by atoms with Crippen LogP contribution in [0.5, 0.6) is 0 Å². The lowest BCUT2D eigenvalue weighted by molar-refractivity contribution is -0.177. The van der Waals surface area contributed by atoms with Gasteiger partial charge in [0.25, 0.3) is 0 Å². The molecule has 1 aliphatic carbocycles. The summed E-state index contributed by atoms with van der Waals surface area (Å²) in [4.78, 5) is 11.9. The van der Waals surface area contributed by atoms with Crippen molar-refractivity contribution >= 4 is 5.97 Å². The van der Waals surface area contributed by atoms with Gasteiger partial charge in [0.1, 0.15) is 0 Å². The van der Waals surface area contributed by atoms with Gasteiger partial charge in [-0.1, -0.05) is 19.8 Å². The molecule has 3 nitrogen and oxygen atoms in total. The van der Waals surface area contributed by atoms with E-state index in [0.717, 1.165) is 12.8 Å². The molecule has 0 aromatic carbocycles. The Labute approximate surface area is 98.2 Å². The fraction of sp³-hybridized carbons (Fsp3) is 0.923. The van der Waals surface area contributed by atoms with E-state index >= 15 is 0 Å². The summed E-state index contributed by atoms with van der Waals surface area (Å²) in [5.74, 6) is 0.194. The van der Waals surface area contributed by atoms with E-state index in [4.69, 9.17) is 4.74 Å². The van der Waals surface area contributed by atoms with E-state index < -0.39 is 11.0 Å². The molecule has 0 spiro atoms. The van der Waals surface area contributed by atoms with Crippen LogP contribution < -0.4 is 0 Å². The summed E-state index contributed by atoms with van der Waals surface area (Å²) in [6.07, 6.45) is 3.52. The van der Waals surface area contributed by atoms with Crippen LogP contribution in [0, 0.1) is 11.3 Å². The minimum Gasteiger partial charge on any atom is -0.465 e. The second-order valence-electron chi connectivity index (χ2n) is 5.58. The fourth-order valence-corrected chi connectivity index (χ4v) is 2.59. The molecule has 94 valence electrons. The van der Waals surface area contributed by atoms with Crippen LogP contribution in [0.4, 0.5) is 0 Å². The van der Waals surface area contributed by atoms with Gasteiger partial charge in [0.2, 0.25) is 0 Å². The first-order valence-corrected chi connectivity index (χ1v) is 6.23. The molecule has 1 N–H and O–H groups in total. The highest BCUT2D eigenvalue weighted by Crippen LogP contribution is 2.44. The van der Waals surface area contributed by atoms with Crippen LogP contribution in [0.1, 0.15) is 53.4 Å². The summed E-state index contributed by atoms with van der Waals surface area (Å²) in [7, 11) is 0. The Hall–Kier alpha value is -0.570. The molecule has 0 aliphatic heterocycles. The topological polar surface area (TPSA) is 46.5 Å². The number of hydrogen-bond acceptors (Lipinski definition) is 3. The molecule has 0 saturated heterocycles. The van der Waals surface area contributed by atoms with E-state index in [1.807, 2.05) is 0 Å². The van der Waals surface area contributed by atoms with Crippen molar-refractivity contribution in [3.05, 3.63) is 0 Å². The van der Waals surface area contributed by atoms with Gasteiger partial charge in [0.15, 0.2) is 0 Å². The fourth-order valence-electron chi connectivity index (χ4n) is 2.59. The Morgan fingerprint density at radius 1 is 1.56 bits per heavy atom. The van der Waals surface area contributed by atoms with E-state index in [1.54, 1.807) is 20.8 Å². The molecule has 1 fully saturated rings. The minimum absolute atomic E-state index is 0.286. The van der Waals surface area contributed by atoms with Crippen molar-refractivity contribution in [2.24, 2.45) is 11.3 Å². The molecule has 0 aromatic rings. The third-order valence-corrected chi connectivity index (χ3v) is 3.92. The Kier molecular flexibility index (Phi) is 4.00. The van der Waals surface area contributed by atoms with E-state index in [-0.39, 0.29) is 5.97 Å². The second-order valence-corrected chi connectivity index (χ2v) is 5.58. The summed E-state index contributed by atoms with van der Waals surface area (Å²) in [5.41, 5.74) is -1.71. The Balaban J connectivity index is 2.83. The number of rotatable bonds is 3. The van der Waals surface area contributed by atoms with E-state index in [1.165, 1.54) is 0 Å². The zero-order valence-electron chi connectivity index (χ0n) is 10.9. The molecule has 0 amide bonds. The van der Waals surface area contributed by atoms with Gasteiger partial charge in [-0.25, -0.2) is 0 Å². The third-order valence-electron chi connectivity index (χ3n) is 3.92. The molecule has 1 rings (SSSR count). The van der Waals surface area contributed by atoms with Crippen molar-refractivity contribution in [1.29, 1.82) is 0 Å². The van der Waals surface area contributed by atoms with E-state index in [0.29, 0.717) is 25.4 Å². The van der Waals surface area contributed by atoms with Gasteiger partial charge in [0.05, 0.1) is 17.6 Å². The molecule has 0 heterocycles. The van der Waals surface area contributed by atoms with Gasteiger partial charge in [-0.15, -0.1) is 0 Å². The van der Waals surface area contributed by atoms with Crippen molar-refractivity contribution in [1.82, 2.24) is 0 Å². The third kappa shape index (κ3) is 2.40. The first kappa shape index (κ1) is 13.5. The first-order valence-electron chi connectivity index (χ1n) is 6.23. The highest BCUT2D eigenvalue weighted by atomic mass is 16.5. The smallest absolute Gasteiger partial charge is 0.314 e. The lowest BCUT2D eigenvalue weighted by Crippen LogP contribution is -2.52. The number of carbonyl (C=O) groups excluding carboxylic acids is 1. The second kappa shape index (κ2) is 4.74. The van der Waals surface area contributed by atoms with Crippen molar-refractivity contribution in [2.45, 2.75) is 59.0 Å². The normalized spacial score (nSPS) is 31.2. The molecule has 0 bridgehead atoms. The standard InChI is InChI=1S/C13H24O3/c1-5-16-11(14)12(3,4)13(15)8-6-7-10(2)9-13/h10,15H,5-9H2,1-4H3. The number of carbonyl (C=O) groups is 1. The molecule has 0 aromatic heterocycles. The van der Waals surface area contributed by atoms with Crippen LogP contribution in [0.2, 0.25) is 0 Å². The molecule has 0 radical (unpaired) electrons. The van der Waals surface area contributed by atoms with Gasteiger partial charge >= 0.3 is 5.97 Å². The van der Waals surface area contributed by atoms with Crippen molar-refractivity contribution < 1.29 is 14.6 Å². The predicted molar refractivity (Wildman–Crippen MR) is 63.0 cm³/mol. The van der Waals surface area contributed by atoms with Gasteiger partial charge in [-0.05, 0) is 39.5 Å². The van der Waals surface area contributed by atoms with Crippen LogP contribution in [-0.2, 0) is 9.53 Å². The lowest BCUT2D eigenvalue weighted by Gasteiger charge is -2.45. The quantitative estimate of drug-likeness (QED) is 0.755. The zero-order chi connectivity index (χ0) is 12.4. The molecular weight excluding hydrogens is 204 g/mol. The summed E-state index contributed by atoms with van der Waals surface area (Å²) < 4.78 is 5.06. The molecule has 1 saturated carbocycles. The average molecular weight is 228 g/mol. The van der Waals surface area contributed by atoms with Crippen LogP contribution in [0.15, 0.2) is 0 Å². The van der Waals surface area contributed by atoms with Crippen molar-refractivity contribution in [3.8, 4) is 0 Å². The van der Waals surface area contributed by atoms with Gasteiger partial charge in [-0.3, -0.25) is 4.79 Å². The van der Waals surface area contributed by atoms with Gasteiger partial charge in [0, 0.05) is 0 Å². The number of ether oxygens (including phenoxy) is 1. The molecule has 2 atom stereocenters. The summed E-state index contributed by atoms with van der Waals surface area (Å²) in [5, 5.41) is 10.7. The van der Waals surface area contributed by atoms with Crippen molar-refractivity contribution in [2.75, 3.05) is 6.61 Å². The highest BCUT2D eigenvalue weighted by Gasteiger charge is 2.51. The molecule has 1 aliphatic rings. The Morgan fingerprint density at radius 2 is 2.19 bits per heavy atom. The van der Waals surface area contributed by atoms with Gasteiger partial charge < -0.3 is 9.84 Å². The Bertz CT molecular complexity index is 260. The predicted octanol–water partition coefficient (Wildman–Crippen LogP) is 2.52. The molecule has 2 unspecified atom stereocenters. The molecule has 16 heavy (non-hydrogen) atoms. The number of esters is 1. The van der Waals surface area contributed by atoms with Crippen molar-refractivity contribution in [3.63, 3.8) is 0 Å². The summed E-state index contributed by atoms with van der Waals surface area (Å²) in [6, 6.07) is 0. The first-order chi connectivity index (χ1) is 7.33. The van der Waals surface area contributed by atoms with Crippen LogP contribution in [0.25, 0.3) is 0 Å². The van der Waals surface area contributed by atoms with E-state index in [9.17, 15) is 9.90 Å². The number of hydrogen-bond donors (Lipinski definition) is 1. The maximum absolute atomic E-state index is 11.9. The van der Waals surface area contributed by atoms with Crippen LogP contribution in [-0.4, -0.2) is 23.3 Å². The maximum atomic E-state index is 11.9. The summed E-state index contributed by atoms with van der Waals surface area (Å²) in [6.45, 7) is 7.88. The highest BCUT2D eigenvalue weighted by molar-refractivity contribution is 5.77. The lowest BCUT2D eigenvalue weighted by atomic mass is 9.64. The van der Waals surface area contributed by atoms with Crippen LogP contribution in [0.3, 0.4) is 0 Å². The largest absolute Gasteiger partial charge is 0.465 e. The zero-order valence-corrected chi connectivity index (χ0v) is 10.9. The monoisotopic (exact) mass is 228 g/mol. The average Bonchev–Trinajstić information content (AvgIpc) is 2.17. The van der Waals surface area contributed by atoms with Gasteiger partial charge in [-0.2, -0.15) is 0 Å². The SMILES string of the molecule is CCOC(=O)C(C)(C)C1(O)CCCC(C)C1.